The minimum atomic E-state index is -0.545. The van der Waals surface area contributed by atoms with Crippen LogP contribution >= 0.6 is 11.6 Å². The van der Waals surface area contributed by atoms with Crippen LogP contribution in [0, 0.1) is 0 Å². The summed E-state index contributed by atoms with van der Waals surface area (Å²) in [5.74, 6) is -0.922. The third kappa shape index (κ3) is 7.04. The van der Waals surface area contributed by atoms with Crippen LogP contribution in [0.3, 0.4) is 0 Å². The Kier molecular flexibility index (Phi) is 7.82. The number of rotatable bonds is 8. The van der Waals surface area contributed by atoms with Crippen LogP contribution < -0.4 is 5.32 Å². The number of hydrogen-bond acceptors (Lipinski definition) is 4. The Morgan fingerprint density at radius 1 is 1.07 bits per heavy atom. The van der Waals surface area contributed by atoms with Crippen molar-refractivity contribution in [2.24, 2.45) is 0 Å². The molecule has 1 atom stereocenters. The quantitative estimate of drug-likeness (QED) is 0.683. The molecule has 5 nitrogen and oxygen atoms in total. The van der Waals surface area contributed by atoms with Gasteiger partial charge in [-0.2, -0.15) is 0 Å². The summed E-state index contributed by atoms with van der Waals surface area (Å²) in [4.78, 5) is 24.1. The van der Waals surface area contributed by atoms with Crippen molar-refractivity contribution < 1.29 is 19.1 Å². The molecule has 144 valence electrons. The van der Waals surface area contributed by atoms with Crippen molar-refractivity contribution in [3.8, 4) is 0 Å². The molecule has 0 spiro atoms. The van der Waals surface area contributed by atoms with E-state index >= 15 is 0 Å². The molecular formula is C21H24ClNO4. The van der Waals surface area contributed by atoms with Crippen LogP contribution in [0.5, 0.6) is 0 Å². The largest absolute Gasteiger partial charge is 0.452 e. The summed E-state index contributed by atoms with van der Waals surface area (Å²) >= 11 is 5.95. The van der Waals surface area contributed by atoms with Crippen LogP contribution in [0.15, 0.2) is 48.5 Å². The van der Waals surface area contributed by atoms with Crippen molar-refractivity contribution in [1.82, 2.24) is 5.32 Å². The minimum absolute atomic E-state index is 0.141. The first-order valence-corrected chi connectivity index (χ1v) is 9.15. The van der Waals surface area contributed by atoms with Gasteiger partial charge < -0.3 is 14.8 Å². The van der Waals surface area contributed by atoms with E-state index in [-0.39, 0.29) is 24.7 Å². The summed E-state index contributed by atoms with van der Waals surface area (Å²) in [5.41, 5.74) is 2.23. The molecule has 1 amide bonds. The summed E-state index contributed by atoms with van der Waals surface area (Å²) in [6.07, 6.45) is 0.141. The van der Waals surface area contributed by atoms with Gasteiger partial charge in [-0.15, -0.1) is 0 Å². The third-order valence-electron chi connectivity index (χ3n) is 3.83. The first kappa shape index (κ1) is 20.9. The van der Waals surface area contributed by atoms with Crippen LogP contribution in [-0.2, 0) is 20.9 Å². The summed E-state index contributed by atoms with van der Waals surface area (Å²) in [7, 11) is 0. The number of amides is 1. The Morgan fingerprint density at radius 2 is 1.78 bits per heavy atom. The molecule has 0 heterocycles. The zero-order valence-corrected chi connectivity index (χ0v) is 16.5. The molecule has 1 N–H and O–H groups in total. The molecule has 0 aliphatic rings. The van der Waals surface area contributed by atoms with Gasteiger partial charge in [0.05, 0.1) is 24.3 Å². The standard InChI is InChI=1S/C21H24ClNO4/c1-14(2)26-12-16-7-9-17(10-8-16)21(25)27-13-20(24)23-15(3)18-5-4-6-19(22)11-18/h4-11,14-15H,12-13H2,1-3H3,(H,23,24)/t15-/m0/s1. The Hall–Kier alpha value is -2.37. The first-order valence-electron chi connectivity index (χ1n) is 8.77. The maximum atomic E-state index is 12.1. The average Bonchev–Trinajstić information content (AvgIpc) is 2.64. The van der Waals surface area contributed by atoms with Gasteiger partial charge in [0.25, 0.3) is 5.91 Å². The molecule has 0 unspecified atom stereocenters. The highest BCUT2D eigenvalue weighted by Crippen LogP contribution is 2.17. The SMILES string of the molecule is CC(C)OCc1ccc(C(=O)OCC(=O)N[C@@H](C)c2cccc(Cl)c2)cc1. The Balaban J connectivity index is 1.81. The van der Waals surface area contributed by atoms with Crippen molar-refractivity contribution in [1.29, 1.82) is 0 Å². The minimum Gasteiger partial charge on any atom is -0.452 e. The zero-order chi connectivity index (χ0) is 19.8. The van der Waals surface area contributed by atoms with Crippen molar-refractivity contribution in [3.63, 3.8) is 0 Å². The summed E-state index contributed by atoms with van der Waals surface area (Å²) in [6, 6.07) is 13.9. The van der Waals surface area contributed by atoms with Crippen molar-refractivity contribution in [2.75, 3.05) is 6.61 Å². The number of ether oxygens (including phenoxy) is 2. The first-order chi connectivity index (χ1) is 12.8. The summed E-state index contributed by atoms with van der Waals surface area (Å²) < 4.78 is 10.6. The van der Waals surface area contributed by atoms with E-state index in [1.54, 1.807) is 36.4 Å². The van der Waals surface area contributed by atoms with Gasteiger partial charge in [-0.25, -0.2) is 4.79 Å². The third-order valence-corrected chi connectivity index (χ3v) is 4.07. The van der Waals surface area contributed by atoms with Crippen LogP contribution in [0.25, 0.3) is 0 Å². The van der Waals surface area contributed by atoms with E-state index in [1.165, 1.54) is 0 Å². The van der Waals surface area contributed by atoms with E-state index < -0.39 is 5.97 Å². The second-order valence-electron chi connectivity index (χ2n) is 6.48. The highest BCUT2D eigenvalue weighted by molar-refractivity contribution is 6.30. The van der Waals surface area contributed by atoms with Crippen molar-refractivity contribution in [3.05, 3.63) is 70.2 Å². The molecule has 2 aromatic rings. The number of carbonyl (C=O) groups excluding carboxylic acids is 2. The Labute approximate surface area is 164 Å². The van der Waals surface area contributed by atoms with Crippen LogP contribution in [0.1, 0.15) is 48.3 Å². The molecule has 6 heteroatoms. The second-order valence-corrected chi connectivity index (χ2v) is 6.91. The van der Waals surface area contributed by atoms with E-state index in [4.69, 9.17) is 21.1 Å². The number of benzene rings is 2. The van der Waals surface area contributed by atoms with Gasteiger partial charge in [0.15, 0.2) is 6.61 Å². The van der Waals surface area contributed by atoms with Crippen molar-refractivity contribution >= 4 is 23.5 Å². The van der Waals surface area contributed by atoms with Gasteiger partial charge in [0.1, 0.15) is 0 Å². The summed E-state index contributed by atoms with van der Waals surface area (Å²) in [6.45, 7) is 5.90. The normalized spacial score (nSPS) is 11.9. The summed E-state index contributed by atoms with van der Waals surface area (Å²) in [5, 5.41) is 3.37. The topological polar surface area (TPSA) is 64.6 Å². The maximum Gasteiger partial charge on any atom is 0.338 e. The van der Waals surface area contributed by atoms with Gasteiger partial charge in [0.2, 0.25) is 0 Å². The average molecular weight is 390 g/mol. The smallest absolute Gasteiger partial charge is 0.338 e. The van der Waals surface area contributed by atoms with Gasteiger partial charge in [-0.1, -0.05) is 35.9 Å². The van der Waals surface area contributed by atoms with Gasteiger partial charge in [-0.3, -0.25) is 4.79 Å². The predicted octanol–water partition coefficient (Wildman–Crippen LogP) is 4.30. The zero-order valence-electron chi connectivity index (χ0n) is 15.7. The lowest BCUT2D eigenvalue weighted by Crippen LogP contribution is -2.31. The predicted molar refractivity (Wildman–Crippen MR) is 105 cm³/mol. The molecule has 2 aromatic carbocycles. The van der Waals surface area contributed by atoms with Crippen molar-refractivity contribution in [2.45, 2.75) is 39.5 Å². The number of nitrogens with one attached hydrogen (secondary N) is 1. The molecule has 2 rings (SSSR count). The van der Waals surface area contributed by atoms with E-state index in [0.29, 0.717) is 17.2 Å². The molecule has 0 saturated carbocycles. The number of halogens is 1. The highest BCUT2D eigenvalue weighted by atomic mass is 35.5. The fourth-order valence-corrected chi connectivity index (χ4v) is 2.56. The van der Waals surface area contributed by atoms with E-state index in [0.717, 1.165) is 11.1 Å². The molecule has 0 aliphatic heterocycles. The Morgan fingerprint density at radius 3 is 2.41 bits per heavy atom. The molecule has 0 saturated heterocycles. The Bertz CT molecular complexity index is 774. The van der Waals surface area contributed by atoms with Gasteiger partial charge in [0, 0.05) is 5.02 Å². The molecule has 0 aromatic heterocycles. The van der Waals surface area contributed by atoms with Crippen LogP contribution in [0.4, 0.5) is 0 Å². The van der Waals surface area contributed by atoms with Gasteiger partial charge in [-0.05, 0) is 56.2 Å². The van der Waals surface area contributed by atoms with Gasteiger partial charge >= 0.3 is 5.97 Å². The lowest BCUT2D eigenvalue weighted by molar-refractivity contribution is -0.124. The highest BCUT2D eigenvalue weighted by Gasteiger charge is 2.13. The number of esters is 1. The molecule has 27 heavy (non-hydrogen) atoms. The molecule has 0 aliphatic carbocycles. The second kappa shape index (κ2) is 10.1. The van der Waals surface area contributed by atoms with Crippen LogP contribution in [0.2, 0.25) is 5.02 Å². The lowest BCUT2D eigenvalue weighted by atomic mass is 10.1. The van der Waals surface area contributed by atoms with Crippen LogP contribution in [-0.4, -0.2) is 24.6 Å². The molecule has 0 fully saturated rings. The number of carbonyl (C=O) groups is 2. The lowest BCUT2D eigenvalue weighted by Gasteiger charge is -2.14. The van der Waals surface area contributed by atoms with E-state index in [1.807, 2.05) is 32.9 Å². The monoisotopic (exact) mass is 389 g/mol. The molecule has 0 bridgehead atoms. The fourth-order valence-electron chi connectivity index (χ4n) is 2.36. The molecule has 0 radical (unpaired) electrons. The van der Waals surface area contributed by atoms with E-state index in [2.05, 4.69) is 5.32 Å². The van der Waals surface area contributed by atoms with E-state index in [9.17, 15) is 9.59 Å². The fraction of sp³-hybridized carbons (Fsp3) is 0.333. The number of hydrogen-bond donors (Lipinski definition) is 1. The maximum absolute atomic E-state index is 12.1. The molecular weight excluding hydrogens is 366 g/mol.